The van der Waals surface area contributed by atoms with E-state index in [4.69, 9.17) is 4.99 Å². The summed E-state index contributed by atoms with van der Waals surface area (Å²) in [5.74, 6) is 1.01. The molecule has 7 heteroatoms. The number of fused-ring (bicyclic) bond motifs is 1. The molecule has 0 saturated carbocycles. The Kier molecular flexibility index (Phi) is 9.31. The van der Waals surface area contributed by atoms with Gasteiger partial charge in [-0.25, -0.2) is 4.99 Å². The minimum atomic E-state index is -0.237. The zero-order chi connectivity index (χ0) is 27.2. The van der Waals surface area contributed by atoms with Gasteiger partial charge in [0.25, 0.3) is 5.91 Å². The molecule has 2 N–H and O–H groups in total. The number of carbonyl (C=O) groups is 2. The third kappa shape index (κ3) is 6.32. The van der Waals surface area contributed by atoms with E-state index < -0.39 is 0 Å². The predicted octanol–water partition coefficient (Wildman–Crippen LogP) is 7.22. The fraction of sp³-hybridized carbons (Fsp3) is 0.452. The topological polar surface area (TPSA) is 73.8 Å². The van der Waals surface area contributed by atoms with Gasteiger partial charge in [-0.05, 0) is 69.4 Å². The summed E-state index contributed by atoms with van der Waals surface area (Å²) >= 11 is 1.75. The van der Waals surface area contributed by atoms with Gasteiger partial charge in [0.15, 0.2) is 5.17 Å². The van der Waals surface area contributed by atoms with Crippen LogP contribution in [0.25, 0.3) is 0 Å². The van der Waals surface area contributed by atoms with Crippen LogP contribution in [0.4, 0.5) is 11.4 Å². The van der Waals surface area contributed by atoms with Gasteiger partial charge in [0.05, 0.1) is 17.3 Å². The average Bonchev–Trinajstić information content (AvgIpc) is 2.90. The number of hydrogen-bond donors (Lipinski definition) is 2. The van der Waals surface area contributed by atoms with Crippen LogP contribution in [-0.4, -0.2) is 34.2 Å². The van der Waals surface area contributed by atoms with E-state index in [9.17, 15) is 9.59 Å². The van der Waals surface area contributed by atoms with Crippen molar-refractivity contribution in [1.82, 2.24) is 4.90 Å². The first kappa shape index (κ1) is 28.0. The van der Waals surface area contributed by atoms with Gasteiger partial charge in [-0.15, -0.1) is 0 Å². The molecular weight excluding hydrogens is 492 g/mol. The first-order valence-electron chi connectivity index (χ1n) is 13.8. The fourth-order valence-electron chi connectivity index (χ4n) is 5.21. The second kappa shape index (κ2) is 12.7. The summed E-state index contributed by atoms with van der Waals surface area (Å²) in [6.07, 6.45) is 4.94. The Morgan fingerprint density at radius 3 is 2.53 bits per heavy atom. The third-order valence-electron chi connectivity index (χ3n) is 7.40. The van der Waals surface area contributed by atoms with E-state index >= 15 is 0 Å². The molecule has 38 heavy (non-hydrogen) atoms. The van der Waals surface area contributed by atoms with Crippen LogP contribution in [0, 0.1) is 19.8 Å². The number of aryl methyl sites for hydroxylation is 2. The van der Waals surface area contributed by atoms with Gasteiger partial charge in [0, 0.05) is 29.6 Å². The van der Waals surface area contributed by atoms with Crippen molar-refractivity contribution in [3.05, 3.63) is 70.4 Å². The van der Waals surface area contributed by atoms with Crippen molar-refractivity contribution in [3.8, 4) is 0 Å². The van der Waals surface area contributed by atoms with Crippen LogP contribution >= 0.6 is 11.8 Å². The number of amides is 2. The zero-order valence-electron chi connectivity index (χ0n) is 23.3. The third-order valence-corrected chi connectivity index (χ3v) is 8.47. The molecule has 0 radical (unpaired) electrons. The van der Waals surface area contributed by atoms with Crippen molar-refractivity contribution >= 4 is 40.1 Å². The SMILES string of the molecule is CCCCC(CC)C(=O)Nc1ccc(C2C(C(=O)Nc3ccc(C)cc3C)=C(C)N=C3SCCCN32)cc1. The summed E-state index contributed by atoms with van der Waals surface area (Å²) in [7, 11) is 0. The molecule has 2 atom stereocenters. The van der Waals surface area contributed by atoms with Gasteiger partial charge < -0.3 is 15.5 Å². The number of thioether (sulfide) groups is 1. The standard InChI is InChI=1S/C31H40N4O2S/c1-6-8-10-23(7-2)29(36)33-25-14-12-24(13-15-25)28-27(22(5)32-31-35(28)17-9-18-38-31)30(37)34-26-16-11-20(3)19-21(26)4/h11-16,19,23,28H,6-10,17-18H2,1-5H3,(H,33,36)(H,34,37). The first-order valence-corrected chi connectivity index (χ1v) is 14.8. The van der Waals surface area contributed by atoms with E-state index in [-0.39, 0.29) is 23.8 Å². The van der Waals surface area contributed by atoms with Crippen molar-refractivity contribution in [2.75, 3.05) is 22.9 Å². The summed E-state index contributed by atoms with van der Waals surface area (Å²) in [6.45, 7) is 11.1. The number of nitrogens with zero attached hydrogens (tertiary/aromatic N) is 2. The van der Waals surface area contributed by atoms with Crippen molar-refractivity contribution in [2.24, 2.45) is 10.9 Å². The van der Waals surface area contributed by atoms with Crippen LogP contribution in [0.15, 0.2) is 58.7 Å². The maximum atomic E-state index is 13.8. The Morgan fingerprint density at radius 2 is 1.84 bits per heavy atom. The Labute approximate surface area is 231 Å². The van der Waals surface area contributed by atoms with Gasteiger partial charge in [0.2, 0.25) is 5.91 Å². The van der Waals surface area contributed by atoms with Crippen LogP contribution in [0.1, 0.15) is 75.6 Å². The smallest absolute Gasteiger partial charge is 0.255 e. The molecule has 2 aromatic carbocycles. The van der Waals surface area contributed by atoms with Crippen molar-refractivity contribution in [2.45, 2.75) is 72.8 Å². The highest BCUT2D eigenvalue weighted by Gasteiger charge is 2.37. The van der Waals surface area contributed by atoms with Gasteiger partial charge in [-0.3, -0.25) is 9.59 Å². The van der Waals surface area contributed by atoms with E-state index in [1.54, 1.807) is 11.8 Å². The van der Waals surface area contributed by atoms with Gasteiger partial charge in [0.1, 0.15) is 0 Å². The molecule has 2 amide bonds. The largest absolute Gasteiger partial charge is 0.340 e. The van der Waals surface area contributed by atoms with Crippen LogP contribution < -0.4 is 10.6 Å². The molecule has 0 spiro atoms. The number of unbranched alkanes of at least 4 members (excludes halogenated alkanes) is 1. The molecule has 0 bridgehead atoms. The van der Waals surface area contributed by atoms with Crippen molar-refractivity contribution < 1.29 is 9.59 Å². The lowest BCUT2D eigenvalue weighted by Gasteiger charge is -2.41. The highest BCUT2D eigenvalue weighted by Crippen LogP contribution is 2.40. The van der Waals surface area contributed by atoms with Crippen LogP contribution in [0.2, 0.25) is 0 Å². The number of benzene rings is 2. The Balaban J connectivity index is 1.61. The summed E-state index contributed by atoms with van der Waals surface area (Å²) in [5.41, 5.74) is 6.22. The number of aliphatic imine (C=N–C) groups is 1. The molecule has 0 aromatic heterocycles. The van der Waals surface area contributed by atoms with E-state index in [0.29, 0.717) is 5.57 Å². The Bertz CT molecular complexity index is 1230. The second-order valence-electron chi connectivity index (χ2n) is 10.3. The number of nitrogens with one attached hydrogen (secondary N) is 2. The van der Waals surface area contributed by atoms with Crippen molar-refractivity contribution in [3.63, 3.8) is 0 Å². The maximum Gasteiger partial charge on any atom is 0.255 e. The highest BCUT2D eigenvalue weighted by atomic mass is 32.2. The quantitative estimate of drug-likeness (QED) is 0.358. The van der Waals surface area contributed by atoms with Gasteiger partial charge in [-0.1, -0.05) is 68.3 Å². The van der Waals surface area contributed by atoms with E-state index in [1.807, 2.05) is 57.2 Å². The lowest BCUT2D eigenvalue weighted by Crippen LogP contribution is -2.43. The molecular formula is C31H40N4O2S. The number of allylic oxidation sites excluding steroid dienone is 1. The molecule has 2 unspecified atom stereocenters. The number of rotatable bonds is 9. The fourth-order valence-corrected chi connectivity index (χ4v) is 6.23. The maximum absolute atomic E-state index is 13.8. The Morgan fingerprint density at radius 1 is 1.08 bits per heavy atom. The van der Waals surface area contributed by atoms with E-state index in [2.05, 4.69) is 35.4 Å². The van der Waals surface area contributed by atoms with E-state index in [0.717, 1.165) is 83.3 Å². The molecule has 202 valence electrons. The highest BCUT2D eigenvalue weighted by molar-refractivity contribution is 8.13. The molecule has 2 aliphatic heterocycles. The summed E-state index contributed by atoms with van der Waals surface area (Å²) in [6, 6.07) is 13.8. The number of carbonyl (C=O) groups excluding carboxylic acids is 2. The normalized spacial score (nSPS) is 18.0. The lowest BCUT2D eigenvalue weighted by molar-refractivity contribution is -0.120. The second-order valence-corrected chi connectivity index (χ2v) is 11.4. The first-order chi connectivity index (χ1) is 18.3. The molecule has 6 nitrogen and oxygen atoms in total. The molecule has 1 fully saturated rings. The van der Waals surface area contributed by atoms with Crippen LogP contribution in [-0.2, 0) is 9.59 Å². The number of anilines is 2. The summed E-state index contributed by atoms with van der Waals surface area (Å²) in [4.78, 5) is 33.7. The van der Waals surface area contributed by atoms with Crippen LogP contribution in [0.3, 0.4) is 0 Å². The monoisotopic (exact) mass is 532 g/mol. The molecule has 1 saturated heterocycles. The minimum Gasteiger partial charge on any atom is -0.340 e. The van der Waals surface area contributed by atoms with Crippen molar-refractivity contribution in [1.29, 1.82) is 0 Å². The molecule has 2 aromatic rings. The number of hydrogen-bond acceptors (Lipinski definition) is 5. The van der Waals surface area contributed by atoms with Gasteiger partial charge in [-0.2, -0.15) is 0 Å². The summed E-state index contributed by atoms with van der Waals surface area (Å²) in [5, 5.41) is 7.23. The van der Waals surface area contributed by atoms with Gasteiger partial charge >= 0.3 is 0 Å². The predicted molar refractivity (Wildman–Crippen MR) is 160 cm³/mol. The zero-order valence-corrected chi connectivity index (χ0v) is 24.1. The molecule has 2 aliphatic rings. The molecule has 4 rings (SSSR count). The average molecular weight is 533 g/mol. The lowest BCUT2D eigenvalue weighted by atomic mass is 9.93. The Hall–Kier alpha value is -3.06. The van der Waals surface area contributed by atoms with Crippen LogP contribution in [0.5, 0.6) is 0 Å². The molecule has 2 heterocycles. The number of amidine groups is 1. The van der Waals surface area contributed by atoms with E-state index in [1.165, 1.54) is 0 Å². The summed E-state index contributed by atoms with van der Waals surface area (Å²) < 4.78 is 0. The minimum absolute atomic E-state index is 0.0308. The molecule has 0 aliphatic carbocycles.